The number of para-hydroxylation sites is 1. The van der Waals surface area contributed by atoms with Gasteiger partial charge in [-0.3, -0.25) is 4.79 Å². The second-order valence-corrected chi connectivity index (χ2v) is 6.23. The smallest absolute Gasteiger partial charge is 0.309 e. The first-order valence-electron chi connectivity index (χ1n) is 8.07. The minimum Gasteiger partial charge on any atom is -0.494 e. The fraction of sp³-hybridized carbons (Fsp3) is 0.611. The number of benzene rings is 1. The van der Waals surface area contributed by atoms with Crippen molar-refractivity contribution >= 4 is 5.97 Å². The molecule has 0 unspecified atom stereocenters. The van der Waals surface area contributed by atoms with E-state index in [2.05, 4.69) is 6.92 Å². The topological polar surface area (TPSA) is 46.5 Å². The van der Waals surface area contributed by atoms with E-state index < -0.39 is 11.4 Å². The van der Waals surface area contributed by atoms with Crippen LogP contribution in [0.15, 0.2) is 30.3 Å². The standard InChI is InChI=1S/C18H26O3/c1-2-6-15-9-11-18(12-10-15,17(19)20)13-14-21-16-7-4-3-5-8-16/h3-5,7-8,15H,2,6,9-14H2,1H3,(H,19,20). The van der Waals surface area contributed by atoms with Gasteiger partial charge in [-0.15, -0.1) is 0 Å². The molecule has 0 amide bonds. The zero-order valence-corrected chi connectivity index (χ0v) is 12.9. The van der Waals surface area contributed by atoms with Crippen molar-refractivity contribution in [2.45, 2.75) is 51.9 Å². The van der Waals surface area contributed by atoms with Gasteiger partial charge in [0.1, 0.15) is 5.75 Å². The lowest BCUT2D eigenvalue weighted by atomic mass is 9.68. The summed E-state index contributed by atoms with van der Waals surface area (Å²) in [4.78, 5) is 11.7. The number of carboxylic acid groups (broad SMARTS) is 1. The van der Waals surface area contributed by atoms with Gasteiger partial charge in [0.15, 0.2) is 0 Å². The second-order valence-electron chi connectivity index (χ2n) is 6.23. The van der Waals surface area contributed by atoms with Crippen molar-refractivity contribution in [3.8, 4) is 5.75 Å². The number of carbonyl (C=O) groups is 1. The highest BCUT2D eigenvalue weighted by molar-refractivity contribution is 5.74. The summed E-state index contributed by atoms with van der Waals surface area (Å²) in [5.41, 5.74) is -0.570. The maximum atomic E-state index is 11.7. The lowest BCUT2D eigenvalue weighted by Crippen LogP contribution is -2.37. The van der Waals surface area contributed by atoms with Gasteiger partial charge in [0.05, 0.1) is 12.0 Å². The molecule has 2 rings (SSSR count). The highest BCUT2D eigenvalue weighted by Crippen LogP contribution is 2.43. The fourth-order valence-corrected chi connectivity index (χ4v) is 3.38. The Morgan fingerprint density at radius 1 is 1.29 bits per heavy atom. The van der Waals surface area contributed by atoms with Crippen LogP contribution in [0.4, 0.5) is 0 Å². The van der Waals surface area contributed by atoms with Crippen molar-refractivity contribution in [3.05, 3.63) is 30.3 Å². The van der Waals surface area contributed by atoms with E-state index >= 15 is 0 Å². The SMILES string of the molecule is CCCC1CCC(CCOc2ccccc2)(C(=O)O)CC1. The van der Waals surface area contributed by atoms with Crippen LogP contribution in [0, 0.1) is 11.3 Å². The molecule has 0 bridgehead atoms. The largest absolute Gasteiger partial charge is 0.494 e. The summed E-state index contributed by atoms with van der Waals surface area (Å²) < 4.78 is 5.69. The molecule has 0 atom stereocenters. The minimum atomic E-state index is -0.644. The molecule has 0 radical (unpaired) electrons. The van der Waals surface area contributed by atoms with Crippen molar-refractivity contribution in [1.29, 1.82) is 0 Å². The quantitative estimate of drug-likeness (QED) is 0.803. The number of hydrogen-bond acceptors (Lipinski definition) is 2. The molecule has 1 saturated carbocycles. The Balaban J connectivity index is 1.86. The summed E-state index contributed by atoms with van der Waals surface area (Å²) in [6.45, 7) is 2.68. The van der Waals surface area contributed by atoms with E-state index in [1.807, 2.05) is 30.3 Å². The summed E-state index contributed by atoms with van der Waals surface area (Å²) in [5, 5.41) is 9.65. The van der Waals surface area contributed by atoms with Crippen molar-refractivity contribution in [3.63, 3.8) is 0 Å². The summed E-state index contributed by atoms with van der Waals surface area (Å²) in [6.07, 6.45) is 6.72. The first-order chi connectivity index (χ1) is 10.2. The van der Waals surface area contributed by atoms with E-state index in [4.69, 9.17) is 4.74 Å². The fourth-order valence-electron chi connectivity index (χ4n) is 3.38. The molecule has 0 aromatic heterocycles. The average molecular weight is 290 g/mol. The van der Waals surface area contributed by atoms with Crippen LogP contribution in [-0.4, -0.2) is 17.7 Å². The van der Waals surface area contributed by atoms with E-state index in [9.17, 15) is 9.90 Å². The molecule has 1 aromatic carbocycles. The lowest BCUT2D eigenvalue weighted by Gasteiger charge is -2.36. The third-order valence-corrected chi connectivity index (χ3v) is 4.81. The molecule has 3 nitrogen and oxygen atoms in total. The van der Waals surface area contributed by atoms with Crippen LogP contribution >= 0.6 is 0 Å². The van der Waals surface area contributed by atoms with Gasteiger partial charge < -0.3 is 9.84 Å². The number of hydrogen-bond donors (Lipinski definition) is 1. The zero-order chi connectivity index (χ0) is 15.1. The van der Waals surface area contributed by atoms with Gasteiger partial charge in [0.25, 0.3) is 0 Å². The molecule has 21 heavy (non-hydrogen) atoms. The van der Waals surface area contributed by atoms with Crippen LogP contribution in [0.5, 0.6) is 5.75 Å². The van der Waals surface area contributed by atoms with Crippen molar-refractivity contribution < 1.29 is 14.6 Å². The molecule has 1 N–H and O–H groups in total. The summed E-state index contributed by atoms with van der Waals surface area (Å²) in [6, 6.07) is 9.62. The number of aliphatic carboxylic acids is 1. The molecular formula is C18H26O3. The Bertz CT molecular complexity index is 433. The van der Waals surface area contributed by atoms with E-state index in [1.54, 1.807) is 0 Å². The van der Waals surface area contributed by atoms with E-state index in [0.717, 1.165) is 37.4 Å². The van der Waals surface area contributed by atoms with Crippen molar-refractivity contribution in [2.24, 2.45) is 11.3 Å². The Labute approximate surface area is 127 Å². The van der Waals surface area contributed by atoms with Crippen LogP contribution in [-0.2, 0) is 4.79 Å². The second kappa shape index (κ2) is 7.48. The molecule has 116 valence electrons. The molecule has 0 spiro atoms. The Hall–Kier alpha value is -1.51. The van der Waals surface area contributed by atoms with E-state index in [-0.39, 0.29) is 0 Å². The average Bonchev–Trinajstić information content (AvgIpc) is 2.50. The third-order valence-electron chi connectivity index (χ3n) is 4.81. The van der Waals surface area contributed by atoms with Crippen LogP contribution in [0.1, 0.15) is 51.9 Å². The van der Waals surface area contributed by atoms with Gasteiger partial charge in [-0.25, -0.2) is 0 Å². The van der Waals surface area contributed by atoms with Gasteiger partial charge in [-0.05, 0) is 50.2 Å². The highest BCUT2D eigenvalue weighted by atomic mass is 16.5. The highest BCUT2D eigenvalue weighted by Gasteiger charge is 2.41. The number of rotatable bonds is 7. The van der Waals surface area contributed by atoms with E-state index in [0.29, 0.717) is 13.0 Å². The Morgan fingerprint density at radius 2 is 1.95 bits per heavy atom. The van der Waals surface area contributed by atoms with Crippen molar-refractivity contribution in [2.75, 3.05) is 6.61 Å². The monoisotopic (exact) mass is 290 g/mol. The van der Waals surface area contributed by atoms with Crippen LogP contribution < -0.4 is 4.74 Å². The maximum Gasteiger partial charge on any atom is 0.309 e. The third kappa shape index (κ3) is 4.23. The summed E-state index contributed by atoms with van der Waals surface area (Å²) in [7, 11) is 0. The lowest BCUT2D eigenvalue weighted by molar-refractivity contribution is -0.152. The van der Waals surface area contributed by atoms with Crippen LogP contribution in [0.3, 0.4) is 0 Å². The molecule has 0 saturated heterocycles. The predicted molar refractivity (Wildman–Crippen MR) is 83.5 cm³/mol. The first-order valence-corrected chi connectivity index (χ1v) is 8.07. The molecular weight excluding hydrogens is 264 g/mol. The molecule has 1 aromatic rings. The first kappa shape index (κ1) is 15.9. The van der Waals surface area contributed by atoms with Crippen molar-refractivity contribution in [1.82, 2.24) is 0 Å². The predicted octanol–water partition coefficient (Wildman–Crippen LogP) is 4.52. The Kier molecular flexibility index (Phi) is 5.66. The van der Waals surface area contributed by atoms with Crippen LogP contribution in [0.25, 0.3) is 0 Å². The Morgan fingerprint density at radius 3 is 2.52 bits per heavy atom. The molecule has 0 heterocycles. The maximum absolute atomic E-state index is 11.7. The molecule has 1 aliphatic rings. The van der Waals surface area contributed by atoms with Crippen LogP contribution in [0.2, 0.25) is 0 Å². The van der Waals surface area contributed by atoms with Gasteiger partial charge >= 0.3 is 5.97 Å². The number of carboxylic acids is 1. The molecule has 3 heteroatoms. The van der Waals surface area contributed by atoms with E-state index in [1.165, 1.54) is 12.8 Å². The number of ether oxygens (including phenoxy) is 1. The molecule has 1 fully saturated rings. The van der Waals surface area contributed by atoms with Gasteiger partial charge in [0.2, 0.25) is 0 Å². The summed E-state index contributed by atoms with van der Waals surface area (Å²) >= 11 is 0. The minimum absolute atomic E-state index is 0.481. The van der Waals surface area contributed by atoms with Gasteiger partial charge in [-0.2, -0.15) is 0 Å². The molecule has 0 aliphatic heterocycles. The van der Waals surface area contributed by atoms with Gasteiger partial charge in [-0.1, -0.05) is 38.0 Å². The van der Waals surface area contributed by atoms with Gasteiger partial charge in [0, 0.05) is 0 Å². The molecule has 1 aliphatic carbocycles. The normalized spacial score (nSPS) is 25.5. The summed E-state index contributed by atoms with van der Waals surface area (Å²) in [5.74, 6) is 0.893. The zero-order valence-electron chi connectivity index (χ0n) is 12.9.